The Balaban J connectivity index is 1.57. The second-order valence-corrected chi connectivity index (χ2v) is 17.8. The maximum Gasteiger partial charge on any atom is 0.0316 e. The third-order valence-electron chi connectivity index (χ3n) is 13.7. The second kappa shape index (κ2) is 22.4. The number of nitrogen functional groups attached to an aromatic ring is 2. The molecule has 4 N–H and O–H groups in total. The fourth-order valence-corrected chi connectivity index (χ4v) is 10.5. The van der Waals surface area contributed by atoms with E-state index in [1.165, 1.54) is 168 Å². The Kier molecular flexibility index (Phi) is 17.5. The zero-order chi connectivity index (χ0) is 39.8. The Labute approximate surface area is 343 Å². The first-order valence-corrected chi connectivity index (χ1v) is 23.2. The number of hydrogen-bond acceptors (Lipinski definition) is 2. The molecule has 0 spiro atoms. The molecule has 0 heterocycles. The summed E-state index contributed by atoms with van der Waals surface area (Å²) >= 11 is 0. The molecule has 2 nitrogen and oxygen atoms in total. The van der Waals surface area contributed by atoms with Gasteiger partial charge < -0.3 is 11.5 Å². The Bertz CT molecular complexity index is 1600. The van der Waals surface area contributed by atoms with Crippen LogP contribution in [0.5, 0.6) is 0 Å². The minimum atomic E-state index is 0.0184. The fourth-order valence-electron chi connectivity index (χ4n) is 10.5. The summed E-state index contributed by atoms with van der Waals surface area (Å²) in [5.41, 5.74) is 25.7. The molecule has 1 fully saturated rings. The van der Waals surface area contributed by atoms with Crippen molar-refractivity contribution in [1.82, 2.24) is 0 Å². The summed E-state index contributed by atoms with van der Waals surface area (Å²) in [6.07, 6.45) is 27.3. The molecule has 2 unspecified atom stereocenters. The van der Waals surface area contributed by atoms with Gasteiger partial charge in [-0.1, -0.05) is 184 Å². The van der Waals surface area contributed by atoms with Gasteiger partial charge in [-0.2, -0.15) is 0 Å². The summed E-state index contributed by atoms with van der Waals surface area (Å²) in [6.45, 7) is 11.4. The molecule has 4 aromatic carbocycles. The van der Waals surface area contributed by atoms with E-state index in [4.69, 9.17) is 11.5 Å². The topological polar surface area (TPSA) is 52.0 Å². The van der Waals surface area contributed by atoms with E-state index in [1.54, 1.807) is 11.1 Å². The number of hydrogen-bond donors (Lipinski definition) is 2. The summed E-state index contributed by atoms with van der Waals surface area (Å²) < 4.78 is 0. The number of aryl methyl sites for hydroxylation is 2. The molecular formula is C54H78N2. The first-order chi connectivity index (χ1) is 27.3. The Hall–Kier alpha value is -3.52. The van der Waals surface area contributed by atoms with Crippen molar-refractivity contribution in [3.63, 3.8) is 0 Å². The van der Waals surface area contributed by atoms with Crippen LogP contribution in [0.1, 0.15) is 212 Å². The third kappa shape index (κ3) is 11.3. The molecule has 0 saturated heterocycles. The zero-order valence-electron chi connectivity index (χ0n) is 36.3. The van der Waals surface area contributed by atoms with Gasteiger partial charge in [0, 0.05) is 28.6 Å². The molecule has 0 radical (unpaired) electrons. The normalized spacial score (nSPS) is 15.7. The lowest BCUT2D eigenvalue weighted by Gasteiger charge is -2.45. The molecule has 2 heteroatoms. The van der Waals surface area contributed by atoms with Crippen LogP contribution in [0.25, 0.3) is 0 Å². The summed E-state index contributed by atoms with van der Waals surface area (Å²) in [6, 6.07) is 33.5. The van der Waals surface area contributed by atoms with Crippen molar-refractivity contribution in [2.24, 2.45) is 5.92 Å². The Morgan fingerprint density at radius 3 is 1.34 bits per heavy atom. The maximum absolute atomic E-state index is 6.25. The molecule has 304 valence electrons. The largest absolute Gasteiger partial charge is 0.399 e. The number of unbranched alkanes of at least 4 members (excludes halogenated alkanes) is 10. The Morgan fingerprint density at radius 1 is 0.500 bits per heavy atom. The number of benzene rings is 4. The van der Waals surface area contributed by atoms with Gasteiger partial charge in [0.2, 0.25) is 0 Å². The number of nitrogens with two attached hydrogens (primary N) is 2. The number of anilines is 2. The summed E-state index contributed by atoms with van der Waals surface area (Å²) in [5.74, 6) is 1.45. The highest BCUT2D eigenvalue weighted by Gasteiger charge is 2.42. The monoisotopic (exact) mass is 755 g/mol. The first-order valence-electron chi connectivity index (χ1n) is 23.2. The quantitative estimate of drug-likeness (QED) is 0.0585. The number of rotatable bonds is 23. The standard InChI is InChI=1S/C54H78N2/c1-6-9-12-13-14-15-21-38-54(45-22-19-16-20-23-45,46-30-26-43(27-31-46)52(24-17-10-7-2)50-36-34-48(55)39-41(50)4)47-32-28-44(29-33-47)53(25-18-11-8-3)51-37-35-49(56)40-42(51)5/h26-37,39-40,45,52-53H,6-25,38,55-56H2,1-5H3. The smallest absolute Gasteiger partial charge is 0.0316 e. The lowest BCUT2D eigenvalue weighted by molar-refractivity contribution is 0.220. The van der Waals surface area contributed by atoms with Gasteiger partial charge in [-0.25, -0.2) is 0 Å². The highest BCUT2D eigenvalue weighted by Crippen LogP contribution is 2.50. The van der Waals surface area contributed by atoms with Gasteiger partial charge in [0.1, 0.15) is 0 Å². The van der Waals surface area contributed by atoms with Gasteiger partial charge in [-0.3, -0.25) is 0 Å². The lowest BCUT2D eigenvalue weighted by atomic mass is 9.59. The molecule has 5 rings (SSSR count). The van der Waals surface area contributed by atoms with Gasteiger partial charge in [-0.15, -0.1) is 0 Å². The molecule has 0 aliphatic heterocycles. The van der Waals surface area contributed by atoms with Crippen LogP contribution in [-0.2, 0) is 5.41 Å². The molecule has 4 aromatic rings. The van der Waals surface area contributed by atoms with E-state index in [2.05, 4.69) is 120 Å². The average molecular weight is 755 g/mol. The van der Waals surface area contributed by atoms with Crippen molar-refractivity contribution < 1.29 is 0 Å². The molecule has 1 aliphatic carbocycles. The van der Waals surface area contributed by atoms with E-state index in [1.807, 2.05) is 0 Å². The second-order valence-electron chi connectivity index (χ2n) is 17.8. The van der Waals surface area contributed by atoms with Crippen molar-refractivity contribution in [3.8, 4) is 0 Å². The molecule has 0 bridgehead atoms. The highest BCUT2D eigenvalue weighted by atomic mass is 14.5. The molecular weight excluding hydrogens is 677 g/mol. The predicted molar refractivity (Wildman–Crippen MR) is 246 cm³/mol. The maximum atomic E-state index is 6.25. The minimum Gasteiger partial charge on any atom is -0.399 e. The van der Waals surface area contributed by atoms with E-state index in [9.17, 15) is 0 Å². The summed E-state index contributed by atoms with van der Waals surface area (Å²) in [7, 11) is 0. The third-order valence-corrected chi connectivity index (χ3v) is 13.7. The molecule has 1 aliphatic rings. The van der Waals surface area contributed by atoms with Gasteiger partial charge in [0.05, 0.1) is 0 Å². The summed E-state index contributed by atoms with van der Waals surface area (Å²) in [4.78, 5) is 0. The molecule has 2 atom stereocenters. The van der Waals surface area contributed by atoms with Crippen LogP contribution < -0.4 is 11.5 Å². The lowest BCUT2D eigenvalue weighted by Crippen LogP contribution is -2.38. The van der Waals surface area contributed by atoms with Gasteiger partial charge in [0.25, 0.3) is 0 Å². The van der Waals surface area contributed by atoms with Gasteiger partial charge in [-0.05, 0) is 121 Å². The molecule has 0 aromatic heterocycles. The molecule has 1 saturated carbocycles. The van der Waals surface area contributed by atoms with Crippen LogP contribution in [-0.4, -0.2) is 0 Å². The van der Waals surface area contributed by atoms with Crippen LogP contribution in [0.15, 0.2) is 84.9 Å². The highest BCUT2D eigenvalue weighted by molar-refractivity contribution is 5.51. The SMILES string of the molecule is CCCCCCCCCC(c1ccc(C(CCCCC)c2ccc(N)cc2C)cc1)(c1ccc(C(CCCCC)c2ccc(N)cc2C)cc1)C1CCCCC1. The van der Waals surface area contributed by atoms with Gasteiger partial charge in [0.15, 0.2) is 0 Å². The van der Waals surface area contributed by atoms with Crippen LogP contribution in [0.3, 0.4) is 0 Å². The van der Waals surface area contributed by atoms with Crippen molar-refractivity contribution in [3.05, 3.63) is 129 Å². The fraction of sp³-hybridized carbons (Fsp3) is 0.556. The van der Waals surface area contributed by atoms with E-state index >= 15 is 0 Å². The van der Waals surface area contributed by atoms with Crippen molar-refractivity contribution in [2.75, 3.05) is 11.5 Å². The Morgan fingerprint density at radius 2 is 0.911 bits per heavy atom. The zero-order valence-corrected chi connectivity index (χ0v) is 36.3. The van der Waals surface area contributed by atoms with E-state index in [0.29, 0.717) is 17.8 Å². The van der Waals surface area contributed by atoms with Crippen LogP contribution >= 0.6 is 0 Å². The van der Waals surface area contributed by atoms with Gasteiger partial charge >= 0.3 is 0 Å². The first kappa shape index (κ1) is 43.6. The van der Waals surface area contributed by atoms with E-state index in [0.717, 1.165) is 11.4 Å². The van der Waals surface area contributed by atoms with Crippen molar-refractivity contribution in [1.29, 1.82) is 0 Å². The van der Waals surface area contributed by atoms with Crippen LogP contribution in [0.2, 0.25) is 0 Å². The minimum absolute atomic E-state index is 0.0184. The van der Waals surface area contributed by atoms with E-state index < -0.39 is 0 Å². The molecule has 56 heavy (non-hydrogen) atoms. The molecule has 0 amide bonds. The van der Waals surface area contributed by atoms with Crippen molar-refractivity contribution in [2.45, 2.75) is 187 Å². The van der Waals surface area contributed by atoms with Crippen molar-refractivity contribution >= 4 is 11.4 Å². The predicted octanol–water partition coefficient (Wildman–Crippen LogP) is 15.9. The summed E-state index contributed by atoms with van der Waals surface area (Å²) in [5, 5.41) is 0. The van der Waals surface area contributed by atoms with Crippen LogP contribution in [0, 0.1) is 19.8 Å². The van der Waals surface area contributed by atoms with Crippen LogP contribution in [0.4, 0.5) is 11.4 Å². The average Bonchev–Trinajstić information content (AvgIpc) is 3.21. The van der Waals surface area contributed by atoms with E-state index in [-0.39, 0.29) is 5.41 Å².